The first-order chi connectivity index (χ1) is 11.9. The second-order valence-corrected chi connectivity index (χ2v) is 10.6. The Hall–Kier alpha value is -1.11. The molecule has 1 aromatic carbocycles. The molecule has 6 heteroatoms. The van der Waals surface area contributed by atoms with Gasteiger partial charge in [0.1, 0.15) is 10.6 Å². The van der Waals surface area contributed by atoms with Gasteiger partial charge in [-0.1, -0.05) is 19.9 Å². The first-order valence-electron chi connectivity index (χ1n) is 9.44. The third-order valence-corrected chi connectivity index (χ3v) is 6.28. The van der Waals surface area contributed by atoms with Crippen molar-refractivity contribution in [1.29, 1.82) is 0 Å². The van der Waals surface area contributed by atoms with E-state index in [9.17, 15) is 8.42 Å². The summed E-state index contributed by atoms with van der Waals surface area (Å²) < 4.78 is 34.9. The Morgan fingerprint density at radius 2 is 1.77 bits per heavy atom. The Bertz CT molecular complexity index is 723. The molecule has 5 nitrogen and oxygen atoms in total. The fraction of sp³-hybridized carbons (Fsp3) is 0.700. The highest BCUT2D eigenvalue weighted by Gasteiger charge is 2.39. The highest BCUT2D eigenvalue weighted by molar-refractivity contribution is 7.89. The molecule has 0 saturated carbocycles. The van der Waals surface area contributed by atoms with Crippen molar-refractivity contribution in [1.82, 2.24) is 10.0 Å². The van der Waals surface area contributed by atoms with Crippen LogP contribution in [0.2, 0.25) is 0 Å². The van der Waals surface area contributed by atoms with Crippen LogP contribution in [0.4, 0.5) is 0 Å². The van der Waals surface area contributed by atoms with Gasteiger partial charge in [0.15, 0.2) is 0 Å². The van der Waals surface area contributed by atoms with E-state index in [0.717, 1.165) is 18.4 Å². The average Bonchev–Trinajstić information content (AvgIpc) is 2.43. The molecule has 1 aliphatic heterocycles. The Labute approximate surface area is 159 Å². The number of nitrogens with one attached hydrogen (secondary N) is 2. The maximum absolute atomic E-state index is 13.2. The van der Waals surface area contributed by atoms with Crippen LogP contribution in [0.25, 0.3) is 0 Å². The molecule has 26 heavy (non-hydrogen) atoms. The minimum Gasteiger partial charge on any atom is -0.492 e. The predicted molar refractivity (Wildman–Crippen MR) is 106 cm³/mol. The van der Waals surface area contributed by atoms with Gasteiger partial charge in [-0.3, -0.25) is 0 Å². The lowest BCUT2D eigenvalue weighted by Gasteiger charge is -2.46. The maximum Gasteiger partial charge on any atom is 0.244 e. The minimum atomic E-state index is -3.67. The van der Waals surface area contributed by atoms with Crippen molar-refractivity contribution >= 4 is 10.0 Å². The molecule has 0 amide bonds. The lowest BCUT2D eigenvalue weighted by molar-refractivity contribution is 0.157. The standard InChI is InChI=1S/C20H34N2O3S/c1-8-25-17-10-9-15(14(2)3)11-18(17)26(23,24)21-16-12-19(4,5)22-20(6,7)13-16/h9-11,14,16,21-22H,8,12-13H2,1-7H3. The zero-order valence-corrected chi connectivity index (χ0v) is 18.0. The van der Waals surface area contributed by atoms with Crippen LogP contribution in [-0.4, -0.2) is 32.1 Å². The van der Waals surface area contributed by atoms with Gasteiger partial charge in [-0.05, 0) is 71.1 Å². The van der Waals surface area contributed by atoms with E-state index in [1.807, 2.05) is 13.0 Å². The van der Waals surface area contributed by atoms with Crippen molar-refractivity contribution in [3.05, 3.63) is 23.8 Å². The number of rotatable bonds is 6. The van der Waals surface area contributed by atoms with Gasteiger partial charge >= 0.3 is 0 Å². The van der Waals surface area contributed by atoms with Crippen LogP contribution >= 0.6 is 0 Å². The summed E-state index contributed by atoms with van der Waals surface area (Å²) in [5.74, 6) is 0.660. The summed E-state index contributed by atoms with van der Waals surface area (Å²) in [6.45, 7) is 14.8. The summed E-state index contributed by atoms with van der Waals surface area (Å²) in [6, 6.07) is 5.33. The monoisotopic (exact) mass is 382 g/mol. The Kier molecular flexibility index (Phi) is 6.10. The van der Waals surface area contributed by atoms with Crippen molar-refractivity contribution < 1.29 is 13.2 Å². The van der Waals surface area contributed by atoms with E-state index in [1.54, 1.807) is 12.1 Å². The summed E-state index contributed by atoms with van der Waals surface area (Å²) in [6.07, 6.45) is 1.48. The molecule has 2 N–H and O–H groups in total. The van der Waals surface area contributed by atoms with E-state index in [1.165, 1.54) is 0 Å². The van der Waals surface area contributed by atoms with E-state index >= 15 is 0 Å². The number of sulfonamides is 1. The van der Waals surface area contributed by atoms with Gasteiger partial charge in [0.2, 0.25) is 10.0 Å². The molecule has 0 atom stereocenters. The van der Waals surface area contributed by atoms with Crippen LogP contribution in [0.5, 0.6) is 5.75 Å². The molecular weight excluding hydrogens is 348 g/mol. The van der Waals surface area contributed by atoms with Gasteiger partial charge in [-0.25, -0.2) is 13.1 Å². The van der Waals surface area contributed by atoms with Gasteiger partial charge < -0.3 is 10.1 Å². The van der Waals surface area contributed by atoms with Gasteiger partial charge in [0, 0.05) is 17.1 Å². The highest BCUT2D eigenvalue weighted by Crippen LogP contribution is 2.32. The Balaban J connectivity index is 2.36. The second-order valence-electron chi connectivity index (χ2n) is 8.91. The van der Waals surface area contributed by atoms with E-state index in [2.05, 4.69) is 51.6 Å². The molecule has 2 rings (SSSR count). The molecule has 148 valence electrons. The maximum atomic E-state index is 13.2. The molecule has 1 saturated heterocycles. The number of hydrogen-bond donors (Lipinski definition) is 2. The second kappa shape index (κ2) is 7.49. The molecule has 1 aromatic rings. The Morgan fingerprint density at radius 3 is 2.27 bits per heavy atom. The number of hydrogen-bond acceptors (Lipinski definition) is 4. The smallest absolute Gasteiger partial charge is 0.244 e. The minimum absolute atomic E-state index is 0.122. The van der Waals surface area contributed by atoms with Crippen LogP contribution in [0.3, 0.4) is 0 Å². The molecule has 0 aliphatic carbocycles. The summed E-state index contributed by atoms with van der Waals surface area (Å²) in [4.78, 5) is 0.236. The van der Waals surface area contributed by atoms with Crippen LogP contribution < -0.4 is 14.8 Å². The SMILES string of the molecule is CCOc1ccc(C(C)C)cc1S(=O)(=O)NC1CC(C)(C)NC(C)(C)C1. The van der Waals surface area contributed by atoms with Gasteiger partial charge in [0.25, 0.3) is 0 Å². The summed E-state index contributed by atoms with van der Waals surface area (Å²) >= 11 is 0. The molecule has 0 radical (unpaired) electrons. The van der Waals surface area contributed by atoms with Gasteiger partial charge in [-0.2, -0.15) is 0 Å². The molecule has 1 fully saturated rings. The normalized spacial score (nSPS) is 20.3. The zero-order chi connectivity index (χ0) is 19.8. The number of benzene rings is 1. The molecule has 0 unspecified atom stereocenters. The van der Waals surface area contributed by atoms with Crippen molar-refractivity contribution in [2.75, 3.05) is 6.61 Å². The zero-order valence-electron chi connectivity index (χ0n) is 17.1. The topological polar surface area (TPSA) is 67.4 Å². The van der Waals surface area contributed by atoms with Gasteiger partial charge in [0.05, 0.1) is 6.61 Å². The predicted octanol–water partition coefficient (Wildman–Crippen LogP) is 3.80. The van der Waals surface area contributed by atoms with Crippen molar-refractivity contribution in [2.45, 2.75) is 89.2 Å². The fourth-order valence-electron chi connectivity index (χ4n) is 4.06. The van der Waals surface area contributed by atoms with Crippen molar-refractivity contribution in [3.8, 4) is 5.75 Å². The summed E-state index contributed by atoms with van der Waals surface area (Å²) in [5.41, 5.74) is 0.731. The molecule has 0 aromatic heterocycles. The van der Waals surface area contributed by atoms with Crippen LogP contribution in [0.15, 0.2) is 23.1 Å². The van der Waals surface area contributed by atoms with E-state index in [0.29, 0.717) is 12.4 Å². The average molecular weight is 383 g/mol. The first-order valence-corrected chi connectivity index (χ1v) is 10.9. The lowest BCUT2D eigenvalue weighted by atomic mass is 9.80. The summed E-state index contributed by atoms with van der Waals surface area (Å²) in [7, 11) is -3.67. The molecule has 0 bridgehead atoms. The van der Waals surface area contributed by atoms with Crippen LogP contribution in [0.1, 0.15) is 72.8 Å². The molecule has 1 aliphatic rings. The number of ether oxygens (including phenoxy) is 1. The van der Waals surface area contributed by atoms with Gasteiger partial charge in [-0.15, -0.1) is 0 Å². The quantitative estimate of drug-likeness (QED) is 0.785. The fourth-order valence-corrected chi connectivity index (χ4v) is 5.47. The van der Waals surface area contributed by atoms with E-state index < -0.39 is 10.0 Å². The van der Waals surface area contributed by atoms with Crippen LogP contribution in [0, 0.1) is 0 Å². The summed E-state index contributed by atoms with van der Waals surface area (Å²) in [5, 5.41) is 3.58. The van der Waals surface area contributed by atoms with Crippen molar-refractivity contribution in [2.24, 2.45) is 0 Å². The van der Waals surface area contributed by atoms with E-state index in [4.69, 9.17) is 4.74 Å². The molecule has 1 heterocycles. The van der Waals surface area contributed by atoms with Crippen molar-refractivity contribution in [3.63, 3.8) is 0 Å². The lowest BCUT2D eigenvalue weighted by Crippen LogP contribution is -2.62. The van der Waals surface area contributed by atoms with Crippen LogP contribution in [-0.2, 0) is 10.0 Å². The first kappa shape index (κ1) is 21.2. The number of piperidine rings is 1. The molecular formula is C20H34N2O3S. The third-order valence-electron chi connectivity index (χ3n) is 4.74. The van der Waals surface area contributed by atoms with E-state index in [-0.39, 0.29) is 27.9 Å². The highest BCUT2D eigenvalue weighted by atomic mass is 32.2. The molecule has 0 spiro atoms. The largest absolute Gasteiger partial charge is 0.492 e. The Morgan fingerprint density at radius 1 is 1.19 bits per heavy atom. The third kappa shape index (κ3) is 5.21.